The van der Waals surface area contributed by atoms with E-state index in [1.807, 2.05) is 60.8 Å². The van der Waals surface area contributed by atoms with Crippen LogP contribution < -0.4 is 5.32 Å². The summed E-state index contributed by atoms with van der Waals surface area (Å²) >= 11 is 0. The van der Waals surface area contributed by atoms with Gasteiger partial charge in [-0.15, -0.1) is 0 Å². The van der Waals surface area contributed by atoms with Crippen LogP contribution in [-0.4, -0.2) is 33.8 Å². The highest BCUT2D eigenvalue weighted by Crippen LogP contribution is 2.37. The molecular formula is C27H28N2O5. The van der Waals surface area contributed by atoms with Gasteiger partial charge < -0.3 is 19.9 Å². The molecular weight excluding hydrogens is 432 g/mol. The summed E-state index contributed by atoms with van der Waals surface area (Å²) in [6.45, 7) is 1.85. The number of rotatable bonds is 7. The minimum atomic E-state index is -0.619. The predicted octanol–water partition coefficient (Wildman–Crippen LogP) is 4.00. The fraction of sp³-hybridized carbons (Fsp3) is 0.333. The molecule has 34 heavy (non-hydrogen) atoms. The molecule has 176 valence electrons. The Morgan fingerprint density at radius 2 is 1.85 bits per heavy atom. The second-order valence-corrected chi connectivity index (χ2v) is 8.94. The number of carbonyl (C=O) groups excluding carboxylic acids is 2. The molecule has 2 aliphatic rings. The Labute approximate surface area is 198 Å². The van der Waals surface area contributed by atoms with Crippen molar-refractivity contribution in [1.29, 1.82) is 0 Å². The van der Waals surface area contributed by atoms with Gasteiger partial charge in [-0.1, -0.05) is 42.5 Å². The van der Waals surface area contributed by atoms with Gasteiger partial charge >= 0.3 is 0 Å². The van der Waals surface area contributed by atoms with Crippen LogP contribution in [0.25, 0.3) is 10.9 Å². The quantitative estimate of drug-likeness (QED) is 0.556. The first-order chi connectivity index (χ1) is 16.5. The number of aliphatic hydroxyl groups is 1. The van der Waals surface area contributed by atoms with E-state index in [1.54, 1.807) is 11.5 Å². The Balaban J connectivity index is 1.42. The van der Waals surface area contributed by atoms with E-state index in [-0.39, 0.29) is 36.1 Å². The number of allylic oxidation sites excluding steroid dienone is 1. The van der Waals surface area contributed by atoms with Crippen LogP contribution in [0.2, 0.25) is 0 Å². The lowest BCUT2D eigenvalue weighted by Crippen LogP contribution is -2.33. The molecule has 0 bridgehead atoms. The van der Waals surface area contributed by atoms with Gasteiger partial charge in [-0.2, -0.15) is 0 Å². The highest BCUT2D eigenvalue weighted by atomic mass is 16.7. The van der Waals surface area contributed by atoms with Crippen LogP contribution in [0, 0.1) is 0 Å². The van der Waals surface area contributed by atoms with Crippen LogP contribution in [0.4, 0.5) is 0 Å². The van der Waals surface area contributed by atoms with E-state index in [0.29, 0.717) is 13.0 Å². The molecule has 2 aromatic carbocycles. The predicted molar refractivity (Wildman–Crippen MR) is 127 cm³/mol. The molecule has 1 saturated carbocycles. The minimum Gasteiger partial charge on any atom is -0.459 e. The van der Waals surface area contributed by atoms with Crippen LogP contribution in [0.1, 0.15) is 53.6 Å². The van der Waals surface area contributed by atoms with E-state index < -0.39 is 6.29 Å². The molecule has 0 unspecified atom stereocenters. The summed E-state index contributed by atoms with van der Waals surface area (Å²) < 4.78 is 13.7. The number of aromatic nitrogens is 1. The Kier molecular flexibility index (Phi) is 6.22. The van der Waals surface area contributed by atoms with Crippen LogP contribution >= 0.6 is 0 Å². The average molecular weight is 461 g/mol. The standard InChI is InChI=1S/C27H28N2O5/c1-17(31)29-14-23(22-4-2-3-5-24(22)29)20-12-25(27(32)28-21-10-11-21)34-26(13-20)33-16-19-8-6-18(15-30)7-9-19/h2-9,12,14,20-21,26,30H,10-11,13,15-16H2,1H3,(H,28,32)/t20-,26+/m1/s1. The number of hydrogen-bond acceptors (Lipinski definition) is 5. The summed E-state index contributed by atoms with van der Waals surface area (Å²) in [5.74, 6) is -0.197. The second kappa shape index (κ2) is 9.44. The maximum atomic E-state index is 12.8. The lowest BCUT2D eigenvalue weighted by Gasteiger charge is -2.29. The van der Waals surface area contributed by atoms with E-state index in [2.05, 4.69) is 5.32 Å². The van der Waals surface area contributed by atoms with Gasteiger partial charge in [-0.3, -0.25) is 14.2 Å². The van der Waals surface area contributed by atoms with Gasteiger partial charge in [-0.05, 0) is 41.7 Å². The average Bonchev–Trinajstić information content (AvgIpc) is 3.58. The molecule has 1 amide bonds. The fourth-order valence-electron chi connectivity index (χ4n) is 4.31. The molecule has 5 rings (SSSR count). The summed E-state index contributed by atoms with van der Waals surface area (Å²) in [6, 6.07) is 15.5. The molecule has 2 N–H and O–H groups in total. The number of benzene rings is 2. The summed E-state index contributed by atoms with van der Waals surface area (Å²) in [5, 5.41) is 13.2. The zero-order valence-electron chi connectivity index (χ0n) is 19.1. The van der Waals surface area contributed by atoms with Crippen molar-refractivity contribution in [2.45, 2.75) is 57.6 Å². The zero-order chi connectivity index (χ0) is 23.7. The van der Waals surface area contributed by atoms with Gasteiger partial charge in [0.15, 0.2) is 5.76 Å². The van der Waals surface area contributed by atoms with Crippen molar-refractivity contribution in [3.63, 3.8) is 0 Å². The molecule has 2 heterocycles. The normalized spacial score (nSPS) is 20.0. The molecule has 0 saturated heterocycles. The number of nitrogens with zero attached hydrogens (tertiary/aromatic N) is 1. The summed E-state index contributed by atoms with van der Waals surface area (Å²) in [6.07, 6.45) is 5.57. The molecule has 2 atom stereocenters. The molecule has 1 aliphatic carbocycles. The summed E-state index contributed by atoms with van der Waals surface area (Å²) in [7, 11) is 0. The third-order valence-corrected chi connectivity index (χ3v) is 6.32. The maximum Gasteiger partial charge on any atom is 0.286 e. The number of carbonyl (C=O) groups is 2. The van der Waals surface area contributed by atoms with E-state index in [0.717, 1.165) is 40.4 Å². The van der Waals surface area contributed by atoms with Crippen LogP contribution in [0.15, 0.2) is 66.6 Å². The van der Waals surface area contributed by atoms with Gasteiger partial charge in [0.05, 0.1) is 18.7 Å². The monoisotopic (exact) mass is 460 g/mol. The number of ether oxygens (including phenoxy) is 2. The highest BCUT2D eigenvalue weighted by molar-refractivity contribution is 5.95. The van der Waals surface area contributed by atoms with Crippen molar-refractivity contribution in [2.75, 3.05) is 0 Å². The first-order valence-corrected chi connectivity index (χ1v) is 11.6. The third-order valence-electron chi connectivity index (χ3n) is 6.32. The Hall–Kier alpha value is -3.42. The first kappa shape index (κ1) is 22.4. The third kappa shape index (κ3) is 4.76. The molecule has 7 nitrogen and oxygen atoms in total. The van der Waals surface area contributed by atoms with Crippen molar-refractivity contribution >= 4 is 22.7 Å². The van der Waals surface area contributed by atoms with Crippen LogP contribution in [0.5, 0.6) is 0 Å². The highest BCUT2D eigenvalue weighted by Gasteiger charge is 2.33. The minimum absolute atomic E-state index is 0.00726. The topological polar surface area (TPSA) is 89.8 Å². The first-order valence-electron chi connectivity index (χ1n) is 11.6. The molecule has 1 aromatic heterocycles. The largest absolute Gasteiger partial charge is 0.459 e. The zero-order valence-corrected chi connectivity index (χ0v) is 19.1. The van der Waals surface area contributed by atoms with E-state index >= 15 is 0 Å². The van der Waals surface area contributed by atoms with Crippen molar-refractivity contribution in [2.24, 2.45) is 0 Å². The summed E-state index contributed by atoms with van der Waals surface area (Å²) in [4.78, 5) is 25.1. The molecule has 1 aliphatic heterocycles. The number of aliphatic hydroxyl groups excluding tert-OH is 1. The van der Waals surface area contributed by atoms with Gasteiger partial charge in [0.1, 0.15) is 0 Å². The van der Waals surface area contributed by atoms with Gasteiger partial charge in [0, 0.05) is 36.9 Å². The molecule has 0 radical (unpaired) electrons. The SMILES string of the molecule is CC(=O)n1cc([C@@H]2C=C(C(=O)NC3CC3)O[C@H](OCc3ccc(CO)cc3)C2)c2ccccc21. The lowest BCUT2D eigenvalue weighted by atomic mass is 9.92. The number of para-hydroxylation sites is 1. The smallest absolute Gasteiger partial charge is 0.286 e. The molecule has 7 heteroatoms. The fourth-order valence-corrected chi connectivity index (χ4v) is 4.31. The maximum absolute atomic E-state index is 12.8. The second-order valence-electron chi connectivity index (χ2n) is 8.94. The van der Waals surface area contributed by atoms with E-state index in [9.17, 15) is 14.7 Å². The number of fused-ring (bicyclic) bond motifs is 1. The van der Waals surface area contributed by atoms with Gasteiger partial charge in [0.25, 0.3) is 5.91 Å². The van der Waals surface area contributed by atoms with Gasteiger partial charge in [0.2, 0.25) is 12.2 Å². The van der Waals surface area contributed by atoms with Crippen molar-refractivity contribution in [3.8, 4) is 0 Å². The number of nitrogens with one attached hydrogen (secondary N) is 1. The lowest BCUT2D eigenvalue weighted by molar-refractivity contribution is -0.150. The van der Waals surface area contributed by atoms with Crippen LogP contribution in [0.3, 0.4) is 0 Å². The van der Waals surface area contributed by atoms with E-state index in [1.165, 1.54) is 0 Å². The van der Waals surface area contributed by atoms with Crippen molar-refractivity contribution in [1.82, 2.24) is 9.88 Å². The molecule has 1 fully saturated rings. The number of amides is 1. The van der Waals surface area contributed by atoms with E-state index in [4.69, 9.17) is 9.47 Å². The van der Waals surface area contributed by atoms with Crippen molar-refractivity contribution in [3.05, 3.63) is 83.3 Å². The molecule has 3 aromatic rings. The number of hydrogen-bond donors (Lipinski definition) is 2. The Morgan fingerprint density at radius 3 is 2.56 bits per heavy atom. The molecule has 0 spiro atoms. The van der Waals surface area contributed by atoms with Crippen LogP contribution in [-0.2, 0) is 27.5 Å². The van der Waals surface area contributed by atoms with Gasteiger partial charge in [-0.25, -0.2) is 0 Å². The Morgan fingerprint density at radius 1 is 1.12 bits per heavy atom. The van der Waals surface area contributed by atoms with Crippen molar-refractivity contribution < 1.29 is 24.2 Å². The Bertz CT molecular complexity index is 1240. The summed E-state index contributed by atoms with van der Waals surface area (Å²) in [5.41, 5.74) is 3.59.